The fraction of sp³-hybridized carbons (Fsp3) is 0.625. The topological polar surface area (TPSA) is 66.4 Å². The number of hydrogen-bond donors (Lipinski definition) is 2. The van der Waals surface area contributed by atoms with Crippen LogP contribution in [0.2, 0.25) is 0 Å². The summed E-state index contributed by atoms with van der Waals surface area (Å²) in [5.41, 5.74) is 0.447. The summed E-state index contributed by atoms with van der Waals surface area (Å²) in [5, 5.41) is 13.8. The van der Waals surface area contributed by atoms with Gasteiger partial charge in [0.1, 0.15) is 0 Å². The highest BCUT2D eigenvalue weighted by molar-refractivity contribution is 7.90. The first-order valence-electron chi connectivity index (χ1n) is 7.61. The molecule has 5 heteroatoms. The SMILES string of the molecule is CS(=O)(=O)c1ccc(CNCC2(O)CCCCCC2)cc1. The van der Waals surface area contributed by atoms with Crippen LogP contribution in [0.15, 0.2) is 29.2 Å². The number of hydrogen-bond acceptors (Lipinski definition) is 4. The van der Waals surface area contributed by atoms with Gasteiger partial charge in [0.15, 0.2) is 9.84 Å². The van der Waals surface area contributed by atoms with Crippen molar-refractivity contribution in [2.24, 2.45) is 0 Å². The Labute approximate surface area is 127 Å². The lowest BCUT2D eigenvalue weighted by molar-refractivity contribution is 0.0250. The van der Waals surface area contributed by atoms with Gasteiger partial charge in [0.2, 0.25) is 0 Å². The second-order valence-electron chi connectivity index (χ2n) is 6.16. The van der Waals surface area contributed by atoms with Crippen LogP contribution in [0.5, 0.6) is 0 Å². The van der Waals surface area contributed by atoms with Crippen LogP contribution in [-0.2, 0) is 16.4 Å². The molecule has 0 saturated heterocycles. The third-order valence-corrected chi connectivity index (χ3v) is 5.30. The summed E-state index contributed by atoms with van der Waals surface area (Å²) < 4.78 is 22.8. The Morgan fingerprint density at radius 1 is 1.10 bits per heavy atom. The predicted molar refractivity (Wildman–Crippen MR) is 83.9 cm³/mol. The molecule has 0 unspecified atom stereocenters. The molecule has 0 amide bonds. The van der Waals surface area contributed by atoms with E-state index in [0.29, 0.717) is 18.0 Å². The first-order valence-corrected chi connectivity index (χ1v) is 9.50. The Bertz CT molecular complexity index is 543. The molecule has 1 aliphatic carbocycles. The Balaban J connectivity index is 1.85. The summed E-state index contributed by atoms with van der Waals surface area (Å²) in [6.07, 6.45) is 7.58. The number of benzene rings is 1. The van der Waals surface area contributed by atoms with Crippen LogP contribution < -0.4 is 5.32 Å². The quantitative estimate of drug-likeness (QED) is 0.819. The van der Waals surface area contributed by atoms with Crippen molar-refractivity contribution in [3.8, 4) is 0 Å². The normalized spacial score (nSPS) is 19.1. The van der Waals surface area contributed by atoms with E-state index in [9.17, 15) is 13.5 Å². The highest BCUT2D eigenvalue weighted by Crippen LogP contribution is 2.26. The van der Waals surface area contributed by atoms with Crippen molar-refractivity contribution in [1.29, 1.82) is 0 Å². The van der Waals surface area contributed by atoms with Gasteiger partial charge in [-0.25, -0.2) is 8.42 Å². The van der Waals surface area contributed by atoms with Gasteiger partial charge in [0.25, 0.3) is 0 Å². The molecule has 0 atom stereocenters. The zero-order valence-corrected chi connectivity index (χ0v) is 13.5. The van der Waals surface area contributed by atoms with Crippen LogP contribution in [-0.4, -0.2) is 31.9 Å². The van der Waals surface area contributed by atoms with Gasteiger partial charge in [-0.2, -0.15) is 0 Å². The van der Waals surface area contributed by atoms with E-state index < -0.39 is 15.4 Å². The van der Waals surface area contributed by atoms with Crippen molar-refractivity contribution in [2.75, 3.05) is 12.8 Å². The smallest absolute Gasteiger partial charge is 0.175 e. The van der Waals surface area contributed by atoms with E-state index in [1.54, 1.807) is 12.1 Å². The minimum atomic E-state index is -3.13. The van der Waals surface area contributed by atoms with Gasteiger partial charge in [-0.05, 0) is 30.5 Å². The van der Waals surface area contributed by atoms with Crippen molar-refractivity contribution in [3.05, 3.63) is 29.8 Å². The number of aliphatic hydroxyl groups is 1. The van der Waals surface area contributed by atoms with Crippen LogP contribution in [0.4, 0.5) is 0 Å². The molecule has 1 fully saturated rings. The molecule has 1 saturated carbocycles. The van der Waals surface area contributed by atoms with Crippen LogP contribution >= 0.6 is 0 Å². The minimum absolute atomic E-state index is 0.341. The molecule has 0 aromatic heterocycles. The standard InChI is InChI=1S/C16H25NO3S/c1-21(19,20)15-8-6-14(7-9-15)12-17-13-16(18)10-4-2-3-5-11-16/h6-9,17-18H,2-5,10-13H2,1H3. The lowest BCUT2D eigenvalue weighted by Crippen LogP contribution is -2.39. The number of rotatable bonds is 5. The number of nitrogens with one attached hydrogen (secondary N) is 1. The van der Waals surface area contributed by atoms with Crippen molar-refractivity contribution in [2.45, 2.75) is 55.6 Å². The maximum Gasteiger partial charge on any atom is 0.175 e. The average Bonchev–Trinajstić information content (AvgIpc) is 2.63. The monoisotopic (exact) mass is 311 g/mol. The van der Waals surface area contributed by atoms with E-state index in [-0.39, 0.29) is 0 Å². The lowest BCUT2D eigenvalue weighted by atomic mass is 9.94. The molecule has 2 N–H and O–H groups in total. The first-order chi connectivity index (χ1) is 9.89. The summed E-state index contributed by atoms with van der Waals surface area (Å²) in [4.78, 5) is 0.341. The lowest BCUT2D eigenvalue weighted by Gasteiger charge is -2.27. The molecule has 1 aromatic rings. The van der Waals surface area contributed by atoms with Gasteiger partial charge >= 0.3 is 0 Å². The molecule has 118 valence electrons. The van der Waals surface area contributed by atoms with Crippen LogP contribution in [0.25, 0.3) is 0 Å². The predicted octanol–water partition coefficient (Wildman–Crippen LogP) is 2.26. The van der Waals surface area contributed by atoms with Crippen molar-refractivity contribution >= 4 is 9.84 Å². The molecule has 21 heavy (non-hydrogen) atoms. The van der Waals surface area contributed by atoms with E-state index in [4.69, 9.17) is 0 Å². The van der Waals surface area contributed by atoms with Gasteiger partial charge in [0, 0.05) is 19.3 Å². The highest BCUT2D eigenvalue weighted by atomic mass is 32.2. The van der Waals surface area contributed by atoms with Gasteiger partial charge in [-0.15, -0.1) is 0 Å². The molecule has 2 rings (SSSR count). The molecular weight excluding hydrogens is 286 g/mol. The van der Waals surface area contributed by atoms with Gasteiger partial charge in [0.05, 0.1) is 10.5 Å². The molecule has 1 aromatic carbocycles. The molecule has 4 nitrogen and oxygen atoms in total. The summed E-state index contributed by atoms with van der Waals surface area (Å²) in [5.74, 6) is 0. The maximum atomic E-state index is 11.4. The molecule has 0 spiro atoms. The summed E-state index contributed by atoms with van der Waals surface area (Å²) in [6, 6.07) is 6.90. The average molecular weight is 311 g/mol. The Morgan fingerprint density at radius 3 is 2.19 bits per heavy atom. The fourth-order valence-electron chi connectivity index (χ4n) is 2.86. The second kappa shape index (κ2) is 6.90. The van der Waals surface area contributed by atoms with Gasteiger partial charge in [-0.1, -0.05) is 37.8 Å². The van der Waals surface area contributed by atoms with Gasteiger partial charge < -0.3 is 10.4 Å². The minimum Gasteiger partial charge on any atom is -0.389 e. The molecule has 0 bridgehead atoms. The highest BCUT2D eigenvalue weighted by Gasteiger charge is 2.27. The summed E-state index contributed by atoms with van der Waals surface area (Å²) in [6.45, 7) is 1.24. The van der Waals surface area contributed by atoms with Crippen molar-refractivity contribution in [1.82, 2.24) is 5.32 Å². The molecular formula is C16H25NO3S. The van der Waals surface area contributed by atoms with E-state index in [2.05, 4.69) is 5.32 Å². The second-order valence-corrected chi connectivity index (χ2v) is 8.17. The Kier molecular flexibility index (Phi) is 5.41. The summed E-state index contributed by atoms with van der Waals surface area (Å²) in [7, 11) is -3.13. The molecule has 0 heterocycles. The van der Waals surface area contributed by atoms with E-state index in [0.717, 1.165) is 31.2 Å². The third-order valence-electron chi connectivity index (χ3n) is 4.17. The van der Waals surface area contributed by atoms with E-state index in [1.807, 2.05) is 12.1 Å². The van der Waals surface area contributed by atoms with Crippen LogP contribution in [0, 0.1) is 0 Å². The zero-order chi connectivity index (χ0) is 15.3. The fourth-order valence-corrected chi connectivity index (χ4v) is 3.49. The van der Waals surface area contributed by atoms with Crippen molar-refractivity contribution in [3.63, 3.8) is 0 Å². The van der Waals surface area contributed by atoms with Crippen LogP contribution in [0.1, 0.15) is 44.1 Å². The van der Waals surface area contributed by atoms with E-state index in [1.165, 1.54) is 19.1 Å². The van der Waals surface area contributed by atoms with E-state index >= 15 is 0 Å². The maximum absolute atomic E-state index is 11.4. The third kappa shape index (κ3) is 5.09. The first kappa shape index (κ1) is 16.5. The van der Waals surface area contributed by atoms with Crippen LogP contribution in [0.3, 0.4) is 0 Å². The number of sulfone groups is 1. The Hall–Kier alpha value is -0.910. The van der Waals surface area contributed by atoms with Gasteiger partial charge in [-0.3, -0.25) is 0 Å². The van der Waals surface area contributed by atoms with Crippen molar-refractivity contribution < 1.29 is 13.5 Å². The zero-order valence-electron chi connectivity index (χ0n) is 12.6. The molecule has 1 aliphatic rings. The molecule has 0 aliphatic heterocycles. The summed E-state index contributed by atoms with van der Waals surface area (Å²) >= 11 is 0. The Morgan fingerprint density at radius 2 is 1.67 bits per heavy atom. The largest absolute Gasteiger partial charge is 0.389 e. The molecule has 0 radical (unpaired) electrons.